The second-order valence-electron chi connectivity index (χ2n) is 5.41. The second-order valence-corrected chi connectivity index (χ2v) is 5.41. The minimum absolute atomic E-state index is 0.105. The summed E-state index contributed by atoms with van der Waals surface area (Å²) in [5.74, 6) is 0.385. The van der Waals surface area contributed by atoms with Crippen molar-refractivity contribution < 1.29 is 9.90 Å². The number of hydrogen-bond acceptors (Lipinski definition) is 2. The lowest BCUT2D eigenvalue weighted by Gasteiger charge is -2.32. The van der Waals surface area contributed by atoms with Crippen molar-refractivity contribution in [2.24, 2.45) is 5.92 Å². The Labute approximate surface area is 103 Å². The number of carbonyl (C=O) groups is 1. The van der Waals surface area contributed by atoms with Gasteiger partial charge in [-0.1, -0.05) is 6.42 Å². The van der Waals surface area contributed by atoms with Crippen LogP contribution in [-0.2, 0) is 0 Å². The van der Waals surface area contributed by atoms with Gasteiger partial charge in [0.15, 0.2) is 0 Å². The Morgan fingerprint density at radius 1 is 1.18 bits per heavy atom. The SMILES string of the molecule is O=C(NC1CCCC(CO)C1)N1CCCCC1. The van der Waals surface area contributed by atoms with E-state index in [-0.39, 0.29) is 18.7 Å². The van der Waals surface area contributed by atoms with Gasteiger partial charge in [0.05, 0.1) is 0 Å². The maximum absolute atomic E-state index is 12.0. The van der Waals surface area contributed by atoms with Crippen molar-refractivity contribution in [1.29, 1.82) is 0 Å². The Morgan fingerprint density at radius 3 is 2.65 bits per heavy atom. The van der Waals surface area contributed by atoms with Gasteiger partial charge < -0.3 is 15.3 Å². The van der Waals surface area contributed by atoms with Crippen LogP contribution < -0.4 is 5.32 Å². The predicted octanol–water partition coefficient (Wildman–Crippen LogP) is 1.73. The molecule has 0 spiro atoms. The fraction of sp³-hybridized carbons (Fsp3) is 0.923. The maximum Gasteiger partial charge on any atom is 0.317 e. The molecule has 1 aliphatic carbocycles. The van der Waals surface area contributed by atoms with Crippen LogP contribution in [-0.4, -0.2) is 41.8 Å². The maximum atomic E-state index is 12.0. The van der Waals surface area contributed by atoms with Crippen molar-refractivity contribution in [3.8, 4) is 0 Å². The van der Waals surface area contributed by atoms with Gasteiger partial charge in [0.1, 0.15) is 0 Å². The molecule has 1 saturated heterocycles. The third-order valence-corrected chi connectivity index (χ3v) is 4.01. The van der Waals surface area contributed by atoms with Crippen LogP contribution in [0.1, 0.15) is 44.9 Å². The van der Waals surface area contributed by atoms with Gasteiger partial charge in [-0.15, -0.1) is 0 Å². The highest BCUT2D eigenvalue weighted by Crippen LogP contribution is 2.24. The standard InChI is InChI=1S/C13H24N2O2/c16-10-11-5-4-6-12(9-11)14-13(17)15-7-2-1-3-8-15/h11-12,16H,1-10H2,(H,14,17). The van der Waals surface area contributed by atoms with E-state index in [1.165, 1.54) is 6.42 Å². The molecule has 0 bridgehead atoms. The van der Waals surface area contributed by atoms with Gasteiger partial charge in [0.2, 0.25) is 0 Å². The molecule has 0 aromatic rings. The van der Waals surface area contributed by atoms with Crippen molar-refractivity contribution >= 4 is 6.03 Å². The van der Waals surface area contributed by atoms with Crippen LogP contribution in [0.3, 0.4) is 0 Å². The fourth-order valence-electron chi connectivity index (χ4n) is 2.95. The fourth-order valence-corrected chi connectivity index (χ4v) is 2.95. The summed E-state index contributed by atoms with van der Waals surface area (Å²) >= 11 is 0. The van der Waals surface area contributed by atoms with Gasteiger partial charge in [0.25, 0.3) is 0 Å². The molecule has 98 valence electrons. The summed E-state index contributed by atoms with van der Waals surface area (Å²) < 4.78 is 0. The average molecular weight is 240 g/mol. The molecule has 2 fully saturated rings. The quantitative estimate of drug-likeness (QED) is 0.772. The first-order valence-electron chi connectivity index (χ1n) is 6.96. The molecule has 2 atom stereocenters. The van der Waals surface area contributed by atoms with Crippen LogP contribution in [0, 0.1) is 5.92 Å². The molecule has 2 amide bonds. The Bertz CT molecular complexity index is 252. The van der Waals surface area contributed by atoms with Crippen LogP contribution in [0.2, 0.25) is 0 Å². The van der Waals surface area contributed by atoms with Gasteiger partial charge in [-0.2, -0.15) is 0 Å². The van der Waals surface area contributed by atoms with E-state index >= 15 is 0 Å². The van der Waals surface area contributed by atoms with Crippen LogP contribution >= 0.6 is 0 Å². The van der Waals surface area contributed by atoms with Gasteiger partial charge in [-0.3, -0.25) is 0 Å². The van der Waals surface area contributed by atoms with E-state index in [0.717, 1.165) is 51.6 Å². The number of nitrogens with zero attached hydrogens (tertiary/aromatic N) is 1. The average Bonchev–Trinajstić information content (AvgIpc) is 2.40. The van der Waals surface area contributed by atoms with Crippen molar-refractivity contribution in [3.05, 3.63) is 0 Å². The highest BCUT2D eigenvalue weighted by Gasteiger charge is 2.25. The molecular formula is C13H24N2O2. The topological polar surface area (TPSA) is 52.6 Å². The normalized spacial score (nSPS) is 30.1. The number of likely N-dealkylation sites (tertiary alicyclic amines) is 1. The number of aliphatic hydroxyl groups excluding tert-OH is 1. The molecule has 0 radical (unpaired) electrons. The van der Waals surface area contributed by atoms with Gasteiger partial charge >= 0.3 is 6.03 Å². The smallest absolute Gasteiger partial charge is 0.317 e. The summed E-state index contributed by atoms with van der Waals surface area (Å²) in [5.41, 5.74) is 0. The first kappa shape index (κ1) is 12.7. The van der Waals surface area contributed by atoms with Crippen molar-refractivity contribution in [3.63, 3.8) is 0 Å². The van der Waals surface area contributed by atoms with Gasteiger partial charge in [-0.25, -0.2) is 4.79 Å². The zero-order valence-electron chi connectivity index (χ0n) is 10.5. The molecule has 17 heavy (non-hydrogen) atoms. The van der Waals surface area contributed by atoms with Gasteiger partial charge in [-0.05, 0) is 44.4 Å². The minimum Gasteiger partial charge on any atom is -0.396 e. The zero-order chi connectivity index (χ0) is 12.1. The molecular weight excluding hydrogens is 216 g/mol. The lowest BCUT2D eigenvalue weighted by Crippen LogP contribution is -2.48. The van der Waals surface area contributed by atoms with E-state index in [9.17, 15) is 4.79 Å². The third kappa shape index (κ3) is 3.60. The predicted molar refractivity (Wildman–Crippen MR) is 66.8 cm³/mol. The van der Waals surface area contributed by atoms with E-state index in [2.05, 4.69) is 5.32 Å². The van der Waals surface area contributed by atoms with E-state index in [1.807, 2.05) is 4.90 Å². The molecule has 0 aromatic carbocycles. The number of carbonyl (C=O) groups excluding carboxylic acids is 1. The van der Waals surface area contributed by atoms with Crippen LogP contribution in [0.25, 0.3) is 0 Å². The number of aliphatic hydroxyl groups is 1. The number of urea groups is 1. The van der Waals surface area contributed by atoms with Crippen LogP contribution in [0.4, 0.5) is 4.79 Å². The molecule has 4 nitrogen and oxygen atoms in total. The molecule has 0 aromatic heterocycles. The summed E-state index contributed by atoms with van der Waals surface area (Å²) in [6, 6.07) is 0.378. The summed E-state index contributed by atoms with van der Waals surface area (Å²) in [4.78, 5) is 14.0. The first-order chi connectivity index (χ1) is 8.29. The highest BCUT2D eigenvalue weighted by molar-refractivity contribution is 5.74. The molecule has 2 aliphatic rings. The van der Waals surface area contributed by atoms with E-state index in [1.54, 1.807) is 0 Å². The molecule has 1 saturated carbocycles. The largest absolute Gasteiger partial charge is 0.396 e. The van der Waals surface area contributed by atoms with Crippen molar-refractivity contribution in [2.45, 2.75) is 51.0 Å². The molecule has 1 heterocycles. The Morgan fingerprint density at radius 2 is 1.94 bits per heavy atom. The lowest BCUT2D eigenvalue weighted by molar-refractivity contribution is 0.155. The molecule has 4 heteroatoms. The summed E-state index contributed by atoms with van der Waals surface area (Å²) in [6.07, 6.45) is 7.75. The van der Waals surface area contributed by atoms with E-state index in [0.29, 0.717) is 5.92 Å². The second kappa shape index (κ2) is 6.24. The van der Waals surface area contributed by atoms with Crippen LogP contribution in [0.15, 0.2) is 0 Å². The number of piperidine rings is 1. The summed E-state index contributed by atoms with van der Waals surface area (Å²) in [7, 11) is 0. The summed E-state index contributed by atoms with van der Waals surface area (Å²) in [6.45, 7) is 2.07. The van der Waals surface area contributed by atoms with E-state index < -0.39 is 0 Å². The monoisotopic (exact) mass is 240 g/mol. The number of amides is 2. The molecule has 2 N–H and O–H groups in total. The molecule has 2 rings (SSSR count). The zero-order valence-corrected chi connectivity index (χ0v) is 10.5. The van der Waals surface area contributed by atoms with Crippen LogP contribution in [0.5, 0.6) is 0 Å². The number of nitrogens with one attached hydrogen (secondary N) is 1. The lowest BCUT2D eigenvalue weighted by atomic mass is 9.86. The van der Waals surface area contributed by atoms with Crippen molar-refractivity contribution in [2.75, 3.05) is 19.7 Å². The molecule has 1 aliphatic heterocycles. The number of rotatable bonds is 2. The van der Waals surface area contributed by atoms with Gasteiger partial charge in [0, 0.05) is 25.7 Å². The Hall–Kier alpha value is -0.770. The Kier molecular flexibility index (Phi) is 4.66. The number of hydrogen-bond donors (Lipinski definition) is 2. The van der Waals surface area contributed by atoms with E-state index in [4.69, 9.17) is 5.11 Å². The van der Waals surface area contributed by atoms with Crippen molar-refractivity contribution in [1.82, 2.24) is 10.2 Å². The Balaban J connectivity index is 1.77. The third-order valence-electron chi connectivity index (χ3n) is 4.01. The highest BCUT2D eigenvalue weighted by atomic mass is 16.3. The minimum atomic E-state index is 0.105. The summed E-state index contributed by atoms with van der Waals surface area (Å²) in [5, 5.41) is 12.3. The first-order valence-corrected chi connectivity index (χ1v) is 6.96. The molecule has 2 unspecified atom stereocenters.